The molecule has 4 nitrogen and oxygen atoms in total. The lowest BCUT2D eigenvalue weighted by atomic mass is 10.0. The SMILES string of the molecule is CC(C)CC(C)N(C)c1ccc(Cl)cc1C(N)=NO. The van der Waals surface area contributed by atoms with Gasteiger partial charge in [-0.25, -0.2) is 0 Å². The zero-order chi connectivity index (χ0) is 14.6. The quantitative estimate of drug-likeness (QED) is 0.377. The number of halogens is 1. The van der Waals surface area contributed by atoms with Crippen molar-refractivity contribution in [3.63, 3.8) is 0 Å². The minimum absolute atomic E-state index is 0.0705. The molecule has 1 aromatic rings. The van der Waals surface area contributed by atoms with Gasteiger partial charge in [0.2, 0.25) is 0 Å². The molecule has 0 saturated carbocycles. The third-order valence-electron chi connectivity index (χ3n) is 3.20. The summed E-state index contributed by atoms with van der Waals surface area (Å²) in [6.45, 7) is 6.54. The van der Waals surface area contributed by atoms with Crippen molar-refractivity contribution in [2.24, 2.45) is 16.8 Å². The van der Waals surface area contributed by atoms with Gasteiger partial charge >= 0.3 is 0 Å². The van der Waals surface area contributed by atoms with Crippen molar-refractivity contribution in [2.45, 2.75) is 33.2 Å². The number of amidine groups is 1. The Labute approximate surface area is 119 Å². The molecule has 19 heavy (non-hydrogen) atoms. The van der Waals surface area contributed by atoms with E-state index < -0.39 is 0 Å². The Morgan fingerprint density at radius 1 is 1.42 bits per heavy atom. The monoisotopic (exact) mass is 283 g/mol. The normalized spacial score (nSPS) is 13.7. The molecule has 0 aliphatic heterocycles. The third-order valence-corrected chi connectivity index (χ3v) is 3.43. The van der Waals surface area contributed by atoms with Crippen LogP contribution in [0.3, 0.4) is 0 Å². The molecule has 0 aliphatic rings. The first-order chi connectivity index (χ1) is 8.86. The van der Waals surface area contributed by atoms with E-state index in [1.165, 1.54) is 0 Å². The first-order valence-electron chi connectivity index (χ1n) is 6.37. The van der Waals surface area contributed by atoms with Gasteiger partial charge in [0.25, 0.3) is 0 Å². The van der Waals surface area contributed by atoms with Gasteiger partial charge in [-0.3, -0.25) is 0 Å². The molecule has 0 heterocycles. The van der Waals surface area contributed by atoms with Crippen LogP contribution >= 0.6 is 11.6 Å². The highest BCUT2D eigenvalue weighted by Gasteiger charge is 2.17. The summed E-state index contributed by atoms with van der Waals surface area (Å²) in [7, 11) is 2.00. The summed E-state index contributed by atoms with van der Waals surface area (Å²) in [5.74, 6) is 0.679. The van der Waals surface area contributed by atoms with Crippen LogP contribution in [-0.4, -0.2) is 24.1 Å². The molecule has 0 amide bonds. The molecule has 0 aromatic heterocycles. The lowest BCUT2D eigenvalue weighted by Gasteiger charge is -2.30. The summed E-state index contributed by atoms with van der Waals surface area (Å²) >= 11 is 5.98. The number of anilines is 1. The lowest BCUT2D eigenvalue weighted by molar-refractivity contribution is 0.318. The molecule has 1 atom stereocenters. The lowest BCUT2D eigenvalue weighted by Crippen LogP contribution is -2.32. The molecule has 0 radical (unpaired) electrons. The third kappa shape index (κ3) is 4.03. The van der Waals surface area contributed by atoms with Gasteiger partial charge in [0.05, 0.1) is 0 Å². The van der Waals surface area contributed by atoms with Gasteiger partial charge in [-0.05, 0) is 37.5 Å². The Balaban J connectivity index is 3.12. The van der Waals surface area contributed by atoms with Gasteiger partial charge < -0.3 is 15.8 Å². The fraction of sp³-hybridized carbons (Fsp3) is 0.500. The summed E-state index contributed by atoms with van der Waals surface area (Å²) in [4.78, 5) is 2.13. The highest BCUT2D eigenvalue weighted by Crippen LogP contribution is 2.26. The molecule has 0 saturated heterocycles. The van der Waals surface area contributed by atoms with E-state index in [2.05, 4.69) is 30.8 Å². The van der Waals surface area contributed by atoms with E-state index in [0.29, 0.717) is 22.5 Å². The van der Waals surface area contributed by atoms with Gasteiger partial charge in [-0.15, -0.1) is 0 Å². The van der Waals surface area contributed by atoms with E-state index in [-0.39, 0.29) is 5.84 Å². The Morgan fingerprint density at radius 3 is 2.58 bits per heavy atom. The predicted octanol–water partition coefficient (Wildman–Crippen LogP) is 3.31. The van der Waals surface area contributed by atoms with Crippen molar-refractivity contribution >= 4 is 23.1 Å². The van der Waals surface area contributed by atoms with Crippen molar-refractivity contribution in [1.82, 2.24) is 0 Å². The van der Waals surface area contributed by atoms with Gasteiger partial charge in [0, 0.05) is 29.4 Å². The van der Waals surface area contributed by atoms with E-state index in [0.717, 1.165) is 12.1 Å². The predicted molar refractivity (Wildman–Crippen MR) is 81.3 cm³/mol. The standard InChI is InChI=1S/C14H22ClN3O/c1-9(2)7-10(3)18(4)13-6-5-11(15)8-12(13)14(16)17-19/h5-6,8-10,19H,7H2,1-4H3,(H2,16,17). The van der Waals surface area contributed by atoms with Crippen molar-refractivity contribution in [1.29, 1.82) is 0 Å². The maximum absolute atomic E-state index is 8.87. The second-order valence-electron chi connectivity index (χ2n) is 5.24. The number of oxime groups is 1. The van der Waals surface area contributed by atoms with Crippen LogP contribution in [-0.2, 0) is 0 Å². The fourth-order valence-electron chi connectivity index (χ4n) is 2.15. The van der Waals surface area contributed by atoms with Crippen LogP contribution in [0.25, 0.3) is 0 Å². The number of benzene rings is 1. The van der Waals surface area contributed by atoms with Crippen LogP contribution in [0.5, 0.6) is 0 Å². The van der Waals surface area contributed by atoms with Gasteiger partial charge in [-0.1, -0.05) is 30.6 Å². The van der Waals surface area contributed by atoms with Crippen LogP contribution in [0.1, 0.15) is 32.8 Å². The largest absolute Gasteiger partial charge is 0.409 e. The molecular weight excluding hydrogens is 262 g/mol. The van der Waals surface area contributed by atoms with Crippen molar-refractivity contribution in [3.8, 4) is 0 Å². The molecule has 106 valence electrons. The maximum atomic E-state index is 8.87. The number of hydrogen-bond donors (Lipinski definition) is 2. The molecule has 0 spiro atoms. The summed E-state index contributed by atoms with van der Waals surface area (Å²) in [5.41, 5.74) is 7.27. The Hall–Kier alpha value is -1.42. The highest BCUT2D eigenvalue weighted by atomic mass is 35.5. The molecule has 1 rings (SSSR count). The van der Waals surface area contributed by atoms with E-state index in [1.807, 2.05) is 19.2 Å². The molecule has 0 fully saturated rings. The van der Waals surface area contributed by atoms with Gasteiger partial charge in [-0.2, -0.15) is 0 Å². The van der Waals surface area contributed by atoms with Gasteiger partial charge in [0.1, 0.15) is 0 Å². The van der Waals surface area contributed by atoms with E-state index >= 15 is 0 Å². The van der Waals surface area contributed by atoms with E-state index in [1.54, 1.807) is 6.07 Å². The maximum Gasteiger partial charge on any atom is 0.172 e. The smallest absolute Gasteiger partial charge is 0.172 e. The average molecular weight is 284 g/mol. The van der Waals surface area contributed by atoms with Crippen molar-refractivity contribution < 1.29 is 5.21 Å². The number of rotatable bonds is 5. The molecule has 5 heteroatoms. The number of nitrogens with zero attached hydrogens (tertiary/aromatic N) is 2. The fourth-order valence-corrected chi connectivity index (χ4v) is 2.32. The van der Waals surface area contributed by atoms with Crippen LogP contribution in [0.2, 0.25) is 5.02 Å². The molecular formula is C14H22ClN3O. The minimum Gasteiger partial charge on any atom is -0.409 e. The summed E-state index contributed by atoms with van der Waals surface area (Å²) in [6, 6.07) is 5.77. The zero-order valence-electron chi connectivity index (χ0n) is 11.9. The zero-order valence-corrected chi connectivity index (χ0v) is 12.6. The summed E-state index contributed by atoms with van der Waals surface area (Å²) in [5, 5.41) is 12.5. The number of hydrogen-bond acceptors (Lipinski definition) is 3. The molecule has 0 aliphatic carbocycles. The first-order valence-corrected chi connectivity index (χ1v) is 6.74. The Morgan fingerprint density at radius 2 is 2.05 bits per heavy atom. The van der Waals surface area contributed by atoms with Gasteiger partial charge in [0.15, 0.2) is 5.84 Å². The van der Waals surface area contributed by atoms with Crippen molar-refractivity contribution in [2.75, 3.05) is 11.9 Å². The second kappa shape index (κ2) is 6.66. The summed E-state index contributed by atoms with van der Waals surface area (Å²) < 4.78 is 0. The van der Waals surface area contributed by atoms with E-state index in [9.17, 15) is 0 Å². The van der Waals surface area contributed by atoms with E-state index in [4.69, 9.17) is 22.5 Å². The van der Waals surface area contributed by atoms with Crippen LogP contribution in [0.4, 0.5) is 5.69 Å². The average Bonchev–Trinajstić information content (AvgIpc) is 2.36. The molecule has 0 bridgehead atoms. The molecule has 1 unspecified atom stereocenters. The highest BCUT2D eigenvalue weighted by molar-refractivity contribution is 6.31. The Kier molecular flexibility index (Phi) is 5.48. The minimum atomic E-state index is 0.0705. The number of nitrogens with two attached hydrogens (primary N) is 1. The van der Waals surface area contributed by atoms with Crippen LogP contribution in [0, 0.1) is 5.92 Å². The van der Waals surface area contributed by atoms with Crippen LogP contribution < -0.4 is 10.6 Å². The second-order valence-corrected chi connectivity index (χ2v) is 5.67. The van der Waals surface area contributed by atoms with Crippen LogP contribution in [0.15, 0.2) is 23.4 Å². The molecule has 3 N–H and O–H groups in total. The Bertz CT molecular complexity index is 460. The molecule has 1 aromatic carbocycles. The summed E-state index contributed by atoms with van der Waals surface area (Å²) in [6.07, 6.45) is 1.06. The topological polar surface area (TPSA) is 61.8 Å². The van der Waals surface area contributed by atoms with Crippen molar-refractivity contribution in [3.05, 3.63) is 28.8 Å². The first kappa shape index (κ1) is 15.6.